The summed E-state index contributed by atoms with van der Waals surface area (Å²) in [5, 5.41) is 6.13. The predicted molar refractivity (Wildman–Crippen MR) is 85.1 cm³/mol. The normalized spacial score (nSPS) is 9.75. The fraction of sp³-hybridized carbons (Fsp3) is 0.533. The van der Waals surface area contributed by atoms with Crippen molar-refractivity contribution in [3.8, 4) is 5.75 Å². The van der Waals surface area contributed by atoms with Gasteiger partial charge < -0.3 is 15.4 Å². The molecule has 0 radical (unpaired) electrons. The standard InChI is InChI=1S/C15H24N2O2.ClH/c1-4-8-16-9-10-17-15(18)13-7-6-12(3)14(11-13)19-5-2;/h6-7,11,16H,4-5,8-10H2,1-3H3,(H,17,18);1H. The van der Waals surface area contributed by atoms with Gasteiger partial charge in [0.05, 0.1) is 6.61 Å². The van der Waals surface area contributed by atoms with E-state index in [2.05, 4.69) is 17.6 Å². The molecule has 0 heterocycles. The molecule has 0 saturated heterocycles. The second kappa shape index (κ2) is 10.5. The van der Waals surface area contributed by atoms with Gasteiger partial charge in [0.2, 0.25) is 0 Å². The van der Waals surface area contributed by atoms with Crippen LogP contribution in [0.3, 0.4) is 0 Å². The van der Waals surface area contributed by atoms with Crippen LogP contribution >= 0.6 is 12.4 Å². The molecule has 114 valence electrons. The summed E-state index contributed by atoms with van der Waals surface area (Å²) in [4.78, 5) is 12.0. The number of halogens is 1. The second-order valence-electron chi connectivity index (χ2n) is 4.42. The van der Waals surface area contributed by atoms with Crippen LogP contribution in [0.1, 0.15) is 36.2 Å². The van der Waals surface area contributed by atoms with Crippen molar-refractivity contribution in [1.82, 2.24) is 10.6 Å². The maximum Gasteiger partial charge on any atom is 0.251 e. The maximum absolute atomic E-state index is 12.0. The molecule has 1 aromatic rings. The van der Waals surface area contributed by atoms with E-state index in [1.165, 1.54) is 0 Å². The van der Waals surface area contributed by atoms with Gasteiger partial charge in [-0.1, -0.05) is 13.0 Å². The molecule has 0 aliphatic heterocycles. The fourth-order valence-corrected chi connectivity index (χ4v) is 1.72. The van der Waals surface area contributed by atoms with Crippen LogP contribution in [0.15, 0.2) is 18.2 Å². The van der Waals surface area contributed by atoms with Gasteiger partial charge in [0, 0.05) is 18.7 Å². The zero-order chi connectivity index (χ0) is 14.1. The molecule has 5 heteroatoms. The molecule has 4 nitrogen and oxygen atoms in total. The van der Waals surface area contributed by atoms with Crippen LogP contribution in [-0.4, -0.2) is 32.1 Å². The van der Waals surface area contributed by atoms with E-state index in [0.717, 1.165) is 30.8 Å². The molecule has 0 atom stereocenters. The Morgan fingerprint density at radius 1 is 1.20 bits per heavy atom. The lowest BCUT2D eigenvalue weighted by Crippen LogP contribution is -2.32. The molecule has 0 aromatic heterocycles. The SMILES string of the molecule is CCCNCCNC(=O)c1ccc(C)c(OCC)c1.Cl. The molecule has 20 heavy (non-hydrogen) atoms. The van der Waals surface area contributed by atoms with Crippen LogP contribution in [0, 0.1) is 6.92 Å². The van der Waals surface area contributed by atoms with E-state index in [1.807, 2.05) is 26.0 Å². The summed E-state index contributed by atoms with van der Waals surface area (Å²) in [6.07, 6.45) is 1.10. The van der Waals surface area contributed by atoms with Gasteiger partial charge in [-0.05, 0) is 44.5 Å². The number of rotatable bonds is 8. The first-order valence-electron chi connectivity index (χ1n) is 6.91. The molecule has 1 amide bonds. The third-order valence-electron chi connectivity index (χ3n) is 2.76. The Kier molecular flexibility index (Phi) is 9.86. The van der Waals surface area contributed by atoms with E-state index >= 15 is 0 Å². The van der Waals surface area contributed by atoms with Crippen LogP contribution in [0.2, 0.25) is 0 Å². The van der Waals surface area contributed by atoms with Crippen LogP contribution in [0.5, 0.6) is 5.75 Å². The molecule has 0 unspecified atom stereocenters. The van der Waals surface area contributed by atoms with Gasteiger partial charge in [-0.25, -0.2) is 0 Å². The summed E-state index contributed by atoms with van der Waals surface area (Å²) in [5.74, 6) is 0.721. The van der Waals surface area contributed by atoms with Gasteiger partial charge in [0.1, 0.15) is 5.75 Å². The molecule has 0 fully saturated rings. The van der Waals surface area contributed by atoms with Crippen molar-refractivity contribution >= 4 is 18.3 Å². The van der Waals surface area contributed by atoms with Crippen molar-refractivity contribution in [2.45, 2.75) is 27.2 Å². The molecule has 1 aromatic carbocycles. The average molecular weight is 301 g/mol. The number of nitrogens with one attached hydrogen (secondary N) is 2. The lowest BCUT2D eigenvalue weighted by molar-refractivity contribution is 0.0953. The number of carbonyl (C=O) groups is 1. The topological polar surface area (TPSA) is 50.4 Å². The molecule has 0 bridgehead atoms. The zero-order valence-corrected chi connectivity index (χ0v) is 13.3. The van der Waals surface area contributed by atoms with Crippen molar-refractivity contribution < 1.29 is 9.53 Å². The molecular weight excluding hydrogens is 276 g/mol. The van der Waals surface area contributed by atoms with Gasteiger partial charge in [0.25, 0.3) is 5.91 Å². The minimum Gasteiger partial charge on any atom is -0.494 e. The van der Waals surface area contributed by atoms with Crippen LogP contribution in [-0.2, 0) is 0 Å². The summed E-state index contributed by atoms with van der Waals surface area (Å²) in [6.45, 7) is 9.04. The highest BCUT2D eigenvalue weighted by atomic mass is 35.5. The first-order valence-corrected chi connectivity index (χ1v) is 6.91. The number of hydrogen-bond acceptors (Lipinski definition) is 3. The lowest BCUT2D eigenvalue weighted by atomic mass is 10.1. The van der Waals surface area contributed by atoms with Crippen molar-refractivity contribution in [1.29, 1.82) is 0 Å². The van der Waals surface area contributed by atoms with Gasteiger partial charge >= 0.3 is 0 Å². The summed E-state index contributed by atoms with van der Waals surface area (Å²) < 4.78 is 5.49. The van der Waals surface area contributed by atoms with Gasteiger partial charge in [-0.3, -0.25) is 4.79 Å². The Bertz CT molecular complexity index is 411. The van der Waals surface area contributed by atoms with Crippen molar-refractivity contribution in [3.05, 3.63) is 29.3 Å². The van der Waals surface area contributed by atoms with E-state index < -0.39 is 0 Å². The van der Waals surface area contributed by atoms with E-state index in [4.69, 9.17) is 4.74 Å². The van der Waals surface area contributed by atoms with Gasteiger partial charge in [0.15, 0.2) is 0 Å². The van der Waals surface area contributed by atoms with Gasteiger partial charge in [-0.15, -0.1) is 12.4 Å². The number of carbonyl (C=O) groups excluding carboxylic acids is 1. The largest absolute Gasteiger partial charge is 0.494 e. The zero-order valence-electron chi connectivity index (χ0n) is 12.5. The molecule has 0 saturated carbocycles. The number of hydrogen-bond donors (Lipinski definition) is 2. The summed E-state index contributed by atoms with van der Waals surface area (Å²) in [7, 11) is 0. The Balaban J connectivity index is 0.00000361. The molecule has 0 aliphatic rings. The highest BCUT2D eigenvalue weighted by molar-refractivity contribution is 5.94. The van der Waals surface area contributed by atoms with Crippen LogP contribution < -0.4 is 15.4 Å². The number of amides is 1. The summed E-state index contributed by atoms with van der Waals surface area (Å²) in [6, 6.07) is 5.54. The van der Waals surface area contributed by atoms with Crippen molar-refractivity contribution in [2.24, 2.45) is 0 Å². The van der Waals surface area contributed by atoms with Crippen molar-refractivity contribution in [2.75, 3.05) is 26.2 Å². The smallest absolute Gasteiger partial charge is 0.251 e. The predicted octanol–water partition coefficient (Wildman–Crippen LogP) is 2.54. The number of ether oxygens (including phenoxy) is 1. The molecule has 0 aliphatic carbocycles. The maximum atomic E-state index is 12.0. The van der Waals surface area contributed by atoms with E-state index in [1.54, 1.807) is 6.07 Å². The second-order valence-corrected chi connectivity index (χ2v) is 4.42. The molecule has 2 N–H and O–H groups in total. The molecule has 1 rings (SSSR count). The molecule has 0 spiro atoms. The average Bonchev–Trinajstić information content (AvgIpc) is 2.41. The van der Waals surface area contributed by atoms with Gasteiger partial charge in [-0.2, -0.15) is 0 Å². The molecular formula is C15H25ClN2O2. The Morgan fingerprint density at radius 2 is 1.95 bits per heavy atom. The summed E-state index contributed by atoms with van der Waals surface area (Å²) >= 11 is 0. The Hall–Kier alpha value is -1.26. The third-order valence-corrected chi connectivity index (χ3v) is 2.76. The van der Waals surface area contributed by atoms with E-state index in [0.29, 0.717) is 18.7 Å². The number of aryl methyl sites for hydroxylation is 1. The lowest BCUT2D eigenvalue weighted by Gasteiger charge is -2.10. The highest BCUT2D eigenvalue weighted by Gasteiger charge is 2.08. The minimum atomic E-state index is -0.0562. The fourth-order valence-electron chi connectivity index (χ4n) is 1.72. The highest BCUT2D eigenvalue weighted by Crippen LogP contribution is 2.19. The summed E-state index contributed by atoms with van der Waals surface area (Å²) in [5.41, 5.74) is 1.69. The van der Waals surface area contributed by atoms with Crippen molar-refractivity contribution in [3.63, 3.8) is 0 Å². The van der Waals surface area contributed by atoms with Crippen LogP contribution in [0.25, 0.3) is 0 Å². The first kappa shape index (κ1) is 18.7. The third kappa shape index (κ3) is 6.26. The number of benzene rings is 1. The first-order chi connectivity index (χ1) is 9.19. The van der Waals surface area contributed by atoms with Crippen LogP contribution in [0.4, 0.5) is 0 Å². The van der Waals surface area contributed by atoms with E-state index in [-0.39, 0.29) is 18.3 Å². The Labute approximate surface area is 127 Å². The quantitative estimate of drug-likeness (QED) is 0.726. The monoisotopic (exact) mass is 300 g/mol. The Morgan fingerprint density at radius 3 is 2.60 bits per heavy atom. The minimum absolute atomic E-state index is 0. The van der Waals surface area contributed by atoms with E-state index in [9.17, 15) is 4.79 Å².